The molecule has 11 aromatic rings. The Balaban J connectivity index is 1.08. The van der Waals surface area contributed by atoms with Crippen molar-refractivity contribution in [3.63, 3.8) is 0 Å². The van der Waals surface area contributed by atoms with Crippen LogP contribution in [0.4, 0.5) is 0 Å². The molecule has 0 amide bonds. The predicted molar refractivity (Wildman–Crippen MR) is 210 cm³/mol. The third-order valence-corrected chi connectivity index (χ3v) is 10.2. The van der Waals surface area contributed by atoms with Crippen LogP contribution < -0.4 is 0 Å². The molecule has 4 heterocycles. The lowest BCUT2D eigenvalue weighted by Gasteiger charge is -2.11. The van der Waals surface area contributed by atoms with Crippen LogP contribution in [0, 0.1) is 6.92 Å². The zero-order chi connectivity index (χ0) is 34.3. The minimum absolute atomic E-state index is 0.562. The third kappa shape index (κ3) is 4.34. The maximum Gasteiger partial charge on any atom is 0.238 e. The molecule has 244 valence electrons. The van der Waals surface area contributed by atoms with Gasteiger partial charge in [-0.2, -0.15) is 9.97 Å². The number of furan rings is 2. The topological polar surface area (TPSA) is 69.9 Å². The van der Waals surface area contributed by atoms with Crippen LogP contribution in [0.2, 0.25) is 0 Å². The average molecular weight is 669 g/mol. The molecule has 7 aromatic carbocycles. The summed E-state index contributed by atoms with van der Waals surface area (Å²) in [6, 6.07) is 52.2. The van der Waals surface area contributed by atoms with Crippen molar-refractivity contribution in [2.24, 2.45) is 0 Å². The fourth-order valence-electron chi connectivity index (χ4n) is 7.62. The summed E-state index contributed by atoms with van der Waals surface area (Å²) in [6.07, 6.45) is 0. The summed E-state index contributed by atoms with van der Waals surface area (Å²) in [5.41, 5.74) is 10.5. The second-order valence-corrected chi connectivity index (χ2v) is 13.3. The van der Waals surface area contributed by atoms with Gasteiger partial charge in [0.05, 0.1) is 11.0 Å². The number of aromatic nitrogens is 4. The minimum Gasteiger partial charge on any atom is -0.456 e. The molecule has 0 bridgehead atoms. The monoisotopic (exact) mass is 668 g/mol. The number of nitrogens with zero attached hydrogens (tertiary/aromatic N) is 4. The molecule has 0 fully saturated rings. The maximum absolute atomic E-state index is 6.49. The molecule has 4 aromatic heterocycles. The minimum atomic E-state index is 0.562. The lowest BCUT2D eigenvalue weighted by Crippen LogP contribution is -2.06. The summed E-state index contributed by atoms with van der Waals surface area (Å²) in [5, 5.41) is 6.58. The van der Waals surface area contributed by atoms with Crippen molar-refractivity contribution < 1.29 is 8.83 Å². The Labute approximate surface area is 297 Å². The Kier molecular flexibility index (Phi) is 6.07. The fourth-order valence-corrected chi connectivity index (χ4v) is 7.62. The molecule has 0 aliphatic heterocycles. The molecule has 0 aliphatic carbocycles. The van der Waals surface area contributed by atoms with E-state index in [-0.39, 0.29) is 0 Å². The van der Waals surface area contributed by atoms with Crippen molar-refractivity contribution in [3.05, 3.63) is 157 Å². The first-order valence-electron chi connectivity index (χ1n) is 17.4. The number of aryl methyl sites for hydroxylation is 1. The van der Waals surface area contributed by atoms with Crippen molar-refractivity contribution in [1.29, 1.82) is 0 Å². The highest BCUT2D eigenvalue weighted by Crippen LogP contribution is 2.39. The molecule has 0 aliphatic rings. The van der Waals surface area contributed by atoms with Crippen molar-refractivity contribution in [2.45, 2.75) is 6.92 Å². The molecule has 6 heteroatoms. The molecule has 0 unspecified atom stereocenters. The van der Waals surface area contributed by atoms with E-state index in [1.807, 2.05) is 30.3 Å². The molecular formula is C46H28N4O2. The third-order valence-electron chi connectivity index (χ3n) is 10.2. The molecule has 0 atom stereocenters. The van der Waals surface area contributed by atoms with E-state index in [0.717, 1.165) is 87.9 Å². The van der Waals surface area contributed by atoms with Crippen molar-refractivity contribution in [1.82, 2.24) is 19.5 Å². The van der Waals surface area contributed by atoms with E-state index in [0.29, 0.717) is 17.6 Å². The van der Waals surface area contributed by atoms with Gasteiger partial charge in [-0.1, -0.05) is 115 Å². The first-order valence-corrected chi connectivity index (χ1v) is 17.4. The molecule has 11 rings (SSSR count). The van der Waals surface area contributed by atoms with E-state index in [1.165, 1.54) is 5.56 Å². The Morgan fingerprint density at radius 2 is 1.04 bits per heavy atom. The number of para-hydroxylation sites is 4. The van der Waals surface area contributed by atoms with Crippen LogP contribution in [0.25, 0.3) is 106 Å². The normalized spacial score (nSPS) is 11.9. The van der Waals surface area contributed by atoms with Crippen molar-refractivity contribution in [2.75, 3.05) is 0 Å². The molecule has 0 radical (unpaired) electrons. The second kappa shape index (κ2) is 11.0. The second-order valence-electron chi connectivity index (χ2n) is 13.3. The largest absolute Gasteiger partial charge is 0.456 e. The number of hydrogen-bond acceptors (Lipinski definition) is 5. The predicted octanol–water partition coefficient (Wildman–Crippen LogP) is 12.1. The zero-order valence-electron chi connectivity index (χ0n) is 28.0. The summed E-state index contributed by atoms with van der Waals surface area (Å²) in [6.45, 7) is 2.08. The van der Waals surface area contributed by atoms with Gasteiger partial charge in [0.15, 0.2) is 11.6 Å². The summed E-state index contributed by atoms with van der Waals surface area (Å²) in [5.74, 6) is 1.74. The molecule has 0 N–H and O–H groups in total. The van der Waals surface area contributed by atoms with Gasteiger partial charge in [-0.15, -0.1) is 0 Å². The SMILES string of the molecule is Cc1ccc(-c2nc(-c3ccc4c(c3)oc3ccc(-c5cccc6c5oc5ccccc56)cc34)nc(-n3c4ccccc4c4ccccc43)n2)cc1. The molecule has 6 nitrogen and oxygen atoms in total. The van der Waals surface area contributed by atoms with Crippen LogP contribution in [0.15, 0.2) is 160 Å². The Bertz CT molecular complexity index is 3150. The van der Waals surface area contributed by atoms with Gasteiger partial charge in [-0.05, 0) is 55.0 Å². The molecule has 0 saturated carbocycles. The van der Waals surface area contributed by atoms with Crippen molar-refractivity contribution in [3.8, 4) is 39.9 Å². The Morgan fingerprint density at radius 3 is 1.83 bits per heavy atom. The molecule has 0 spiro atoms. The molecule has 52 heavy (non-hydrogen) atoms. The van der Waals surface area contributed by atoms with Crippen LogP contribution >= 0.6 is 0 Å². The van der Waals surface area contributed by atoms with Crippen LogP contribution in [-0.4, -0.2) is 19.5 Å². The van der Waals surface area contributed by atoms with Gasteiger partial charge in [0.1, 0.15) is 22.3 Å². The van der Waals surface area contributed by atoms with Gasteiger partial charge in [0, 0.05) is 49.0 Å². The highest BCUT2D eigenvalue weighted by atomic mass is 16.3. The number of hydrogen-bond donors (Lipinski definition) is 0. The van der Waals surface area contributed by atoms with Crippen LogP contribution in [0.3, 0.4) is 0 Å². The van der Waals surface area contributed by atoms with E-state index in [9.17, 15) is 0 Å². The zero-order valence-corrected chi connectivity index (χ0v) is 28.0. The van der Waals surface area contributed by atoms with E-state index in [4.69, 9.17) is 23.8 Å². The van der Waals surface area contributed by atoms with Gasteiger partial charge in [0.25, 0.3) is 0 Å². The summed E-state index contributed by atoms with van der Waals surface area (Å²) < 4.78 is 15.0. The van der Waals surface area contributed by atoms with E-state index in [2.05, 4.69) is 133 Å². The average Bonchev–Trinajstić information content (AvgIpc) is 3.87. The van der Waals surface area contributed by atoms with E-state index in [1.54, 1.807) is 0 Å². The first kappa shape index (κ1) is 28.8. The lowest BCUT2D eigenvalue weighted by molar-refractivity contribution is 0.668. The van der Waals surface area contributed by atoms with Crippen LogP contribution in [-0.2, 0) is 0 Å². The summed E-state index contributed by atoms with van der Waals surface area (Å²) in [7, 11) is 0. The van der Waals surface area contributed by atoms with Crippen molar-refractivity contribution >= 4 is 65.7 Å². The summed E-state index contributed by atoms with van der Waals surface area (Å²) >= 11 is 0. The van der Waals surface area contributed by atoms with Crippen LogP contribution in [0.5, 0.6) is 0 Å². The molecular weight excluding hydrogens is 641 g/mol. The molecule has 0 saturated heterocycles. The van der Waals surface area contributed by atoms with E-state index < -0.39 is 0 Å². The quantitative estimate of drug-likeness (QED) is 0.187. The highest BCUT2D eigenvalue weighted by molar-refractivity contribution is 6.12. The fraction of sp³-hybridized carbons (Fsp3) is 0.0217. The highest BCUT2D eigenvalue weighted by Gasteiger charge is 2.19. The van der Waals surface area contributed by atoms with Gasteiger partial charge in [-0.3, -0.25) is 4.57 Å². The number of rotatable bonds is 4. The Morgan fingerprint density at radius 1 is 0.423 bits per heavy atom. The van der Waals surface area contributed by atoms with Gasteiger partial charge in [0.2, 0.25) is 5.95 Å². The smallest absolute Gasteiger partial charge is 0.238 e. The van der Waals surface area contributed by atoms with Gasteiger partial charge >= 0.3 is 0 Å². The number of fused-ring (bicyclic) bond motifs is 9. The maximum atomic E-state index is 6.49. The number of benzene rings is 7. The Hall–Kier alpha value is -7.05. The standard InChI is InChI=1S/C46H28N4O2/c1-27-17-19-28(20-18-27)44-47-45(49-46(48-44)50-38-14-5-2-9-32(38)33-10-3-6-15-39(33)50)30-21-23-35-37-25-29(22-24-41(37)51-42(35)26-30)31-12-8-13-36-34-11-4-7-16-40(34)52-43(31)36/h2-26H,1H3. The lowest BCUT2D eigenvalue weighted by atomic mass is 10.00. The summed E-state index contributed by atoms with van der Waals surface area (Å²) in [4.78, 5) is 15.3. The van der Waals surface area contributed by atoms with E-state index >= 15 is 0 Å². The van der Waals surface area contributed by atoms with Gasteiger partial charge < -0.3 is 8.83 Å². The van der Waals surface area contributed by atoms with Crippen LogP contribution in [0.1, 0.15) is 5.56 Å². The first-order chi connectivity index (χ1) is 25.7. The van der Waals surface area contributed by atoms with Gasteiger partial charge in [-0.25, -0.2) is 4.98 Å².